The third-order valence-corrected chi connectivity index (χ3v) is 3.94. The Morgan fingerprint density at radius 2 is 2.04 bits per heavy atom. The number of rotatable bonds is 4. The summed E-state index contributed by atoms with van der Waals surface area (Å²) in [5.41, 5.74) is 1.53. The lowest BCUT2D eigenvalue weighted by molar-refractivity contribution is 0.0745. The van der Waals surface area contributed by atoms with Crippen LogP contribution in [0.15, 0.2) is 30.3 Å². The summed E-state index contributed by atoms with van der Waals surface area (Å²) in [6.07, 6.45) is 0.746. The SMILES string of the molecule is CCNC(=O)c1cc2n(n1)CCCN(Cc1ccc(F)cc1)C2=O. The maximum Gasteiger partial charge on any atom is 0.272 e. The van der Waals surface area contributed by atoms with Gasteiger partial charge in [0.25, 0.3) is 11.8 Å². The van der Waals surface area contributed by atoms with Crippen LogP contribution in [-0.4, -0.2) is 39.6 Å². The molecule has 2 aromatic rings. The van der Waals surface area contributed by atoms with Crippen molar-refractivity contribution in [3.63, 3.8) is 0 Å². The predicted octanol–water partition coefficient (Wildman–Crippen LogP) is 1.82. The van der Waals surface area contributed by atoms with Gasteiger partial charge in [-0.2, -0.15) is 5.10 Å². The van der Waals surface area contributed by atoms with E-state index in [0.29, 0.717) is 31.9 Å². The number of fused-ring (bicyclic) bond motifs is 1. The Hall–Kier alpha value is -2.70. The summed E-state index contributed by atoms with van der Waals surface area (Å²) in [6, 6.07) is 7.65. The molecule has 0 spiro atoms. The van der Waals surface area contributed by atoms with E-state index < -0.39 is 0 Å². The first kappa shape index (κ1) is 16.2. The van der Waals surface area contributed by atoms with E-state index in [1.807, 2.05) is 6.92 Å². The number of amides is 2. The zero-order valence-electron chi connectivity index (χ0n) is 13.5. The summed E-state index contributed by atoms with van der Waals surface area (Å²) in [7, 11) is 0. The van der Waals surface area contributed by atoms with E-state index in [0.717, 1.165) is 12.0 Å². The molecule has 1 aromatic heterocycles. The molecule has 0 aliphatic carbocycles. The van der Waals surface area contributed by atoms with Crippen LogP contribution in [0.3, 0.4) is 0 Å². The number of aromatic nitrogens is 2. The third kappa shape index (κ3) is 3.29. The Balaban J connectivity index is 1.81. The lowest BCUT2D eigenvalue weighted by atomic mass is 10.2. The number of halogens is 1. The molecule has 0 unspecified atom stereocenters. The van der Waals surface area contributed by atoms with Gasteiger partial charge in [0.05, 0.1) is 0 Å². The van der Waals surface area contributed by atoms with Gasteiger partial charge in [-0.15, -0.1) is 0 Å². The normalized spacial score (nSPS) is 14.2. The minimum Gasteiger partial charge on any atom is -0.351 e. The number of aryl methyl sites for hydroxylation is 1. The Labute approximate surface area is 139 Å². The molecule has 3 rings (SSSR count). The Morgan fingerprint density at radius 3 is 2.75 bits per heavy atom. The molecule has 0 saturated heterocycles. The summed E-state index contributed by atoms with van der Waals surface area (Å²) >= 11 is 0. The second-order valence-electron chi connectivity index (χ2n) is 5.70. The lowest BCUT2D eigenvalue weighted by Crippen LogP contribution is -2.30. The summed E-state index contributed by atoms with van der Waals surface area (Å²) in [5, 5.41) is 6.92. The predicted molar refractivity (Wildman–Crippen MR) is 86.0 cm³/mol. The van der Waals surface area contributed by atoms with Crippen molar-refractivity contribution < 1.29 is 14.0 Å². The molecule has 0 radical (unpaired) electrons. The van der Waals surface area contributed by atoms with Crippen LogP contribution in [0.1, 0.15) is 39.9 Å². The largest absolute Gasteiger partial charge is 0.351 e. The molecule has 0 atom stereocenters. The topological polar surface area (TPSA) is 67.2 Å². The van der Waals surface area contributed by atoms with Gasteiger partial charge in [-0.3, -0.25) is 14.3 Å². The number of hydrogen-bond acceptors (Lipinski definition) is 3. The summed E-state index contributed by atoms with van der Waals surface area (Å²) < 4.78 is 14.6. The highest BCUT2D eigenvalue weighted by atomic mass is 19.1. The Morgan fingerprint density at radius 1 is 1.29 bits per heavy atom. The van der Waals surface area contributed by atoms with Crippen LogP contribution in [0.2, 0.25) is 0 Å². The van der Waals surface area contributed by atoms with Crippen molar-refractivity contribution in [1.29, 1.82) is 0 Å². The number of nitrogens with zero attached hydrogens (tertiary/aromatic N) is 3. The van der Waals surface area contributed by atoms with Gasteiger partial charge < -0.3 is 10.2 Å². The number of hydrogen-bond donors (Lipinski definition) is 1. The zero-order valence-corrected chi connectivity index (χ0v) is 13.5. The number of benzene rings is 1. The summed E-state index contributed by atoms with van der Waals surface area (Å²) in [5.74, 6) is -0.749. The minimum atomic E-state index is -0.300. The molecule has 2 amide bonds. The molecule has 1 aliphatic rings. The standard InChI is InChI=1S/C17H19FN4O2/c1-2-19-16(23)14-10-15-17(24)21(8-3-9-22(15)20-14)11-12-4-6-13(18)7-5-12/h4-7,10H,2-3,8-9,11H2,1H3,(H,19,23). The summed E-state index contributed by atoms with van der Waals surface area (Å²) in [6.45, 7) is 3.91. The van der Waals surface area contributed by atoms with E-state index in [9.17, 15) is 14.0 Å². The molecular formula is C17H19FN4O2. The highest BCUT2D eigenvalue weighted by molar-refractivity contribution is 5.98. The van der Waals surface area contributed by atoms with Gasteiger partial charge in [0.2, 0.25) is 0 Å². The molecule has 1 aliphatic heterocycles. The van der Waals surface area contributed by atoms with E-state index in [2.05, 4.69) is 10.4 Å². The zero-order chi connectivity index (χ0) is 17.1. The molecular weight excluding hydrogens is 311 g/mol. The third-order valence-electron chi connectivity index (χ3n) is 3.94. The van der Waals surface area contributed by atoms with Gasteiger partial charge in [-0.1, -0.05) is 12.1 Å². The van der Waals surface area contributed by atoms with Gasteiger partial charge in [-0.25, -0.2) is 4.39 Å². The second-order valence-corrected chi connectivity index (χ2v) is 5.70. The maximum atomic E-state index is 13.0. The van der Waals surface area contributed by atoms with E-state index in [1.165, 1.54) is 18.2 Å². The highest BCUT2D eigenvalue weighted by Gasteiger charge is 2.26. The van der Waals surface area contributed by atoms with Crippen molar-refractivity contribution in [3.8, 4) is 0 Å². The molecule has 0 fully saturated rings. The van der Waals surface area contributed by atoms with Crippen molar-refractivity contribution >= 4 is 11.8 Å². The average Bonchev–Trinajstić information content (AvgIpc) is 2.94. The van der Waals surface area contributed by atoms with Gasteiger partial charge in [-0.05, 0) is 31.0 Å². The van der Waals surface area contributed by atoms with E-state index in [4.69, 9.17) is 0 Å². The van der Waals surface area contributed by atoms with Crippen LogP contribution >= 0.6 is 0 Å². The minimum absolute atomic E-state index is 0.167. The van der Waals surface area contributed by atoms with Crippen LogP contribution in [0.5, 0.6) is 0 Å². The van der Waals surface area contributed by atoms with Gasteiger partial charge in [0.1, 0.15) is 11.5 Å². The molecule has 2 heterocycles. The second kappa shape index (κ2) is 6.82. The van der Waals surface area contributed by atoms with E-state index >= 15 is 0 Å². The molecule has 0 bridgehead atoms. The van der Waals surface area contributed by atoms with Crippen LogP contribution in [0.25, 0.3) is 0 Å². The van der Waals surface area contributed by atoms with Gasteiger partial charge >= 0.3 is 0 Å². The summed E-state index contributed by atoms with van der Waals surface area (Å²) in [4.78, 5) is 26.4. The molecule has 1 aromatic carbocycles. The first-order chi connectivity index (χ1) is 11.6. The van der Waals surface area contributed by atoms with Crippen LogP contribution in [-0.2, 0) is 13.1 Å². The average molecular weight is 330 g/mol. The number of nitrogens with one attached hydrogen (secondary N) is 1. The van der Waals surface area contributed by atoms with E-state index in [1.54, 1.807) is 21.7 Å². The van der Waals surface area contributed by atoms with Crippen LogP contribution in [0.4, 0.5) is 4.39 Å². The monoisotopic (exact) mass is 330 g/mol. The van der Waals surface area contributed by atoms with Crippen LogP contribution < -0.4 is 5.32 Å². The van der Waals surface area contributed by atoms with Crippen molar-refractivity contribution in [2.24, 2.45) is 0 Å². The van der Waals surface area contributed by atoms with E-state index in [-0.39, 0.29) is 23.3 Å². The first-order valence-electron chi connectivity index (χ1n) is 7.98. The fourth-order valence-electron chi connectivity index (χ4n) is 2.76. The molecule has 6 nitrogen and oxygen atoms in total. The molecule has 7 heteroatoms. The van der Waals surface area contributed by atoms with Crippen LogP contribution in [0, 0.1) is 5.82 Å². The quantitative estimate of drug-likeness (QED) is 0.930. The smallest absolute Gasteiger partial charge is 0.272 e. The maximum absolute atomic E-state index is 13.0. The van der Waals surface area contributed by atoms with Gasteiger partial charge in [0.15, 0.2) is 5.69 Å². The van der Waals surface area contributed by atoms with Gasteiger partial charge in [0, 0.05) is 32.2 Å². The molecule has 24 heavy (non-hydrogen) atoms. The molecule has 126 valence electrons. The van der Waals surface area contributed by atoms with Crippen molar-refractivity contribution in [2.45, 2.75) is 26.4 Å². The Kier molecular flexibility index (Phi) is 4.59. The first-order valence-corrected chi connectivity index (χ1v) is 7.98. The number of carbonyl (C=O) groups excluding carboxylic acids is 2. The van der Waals surface area contributed by atoms with Crippen molar-refractivity contribution in [2.75, 3.05) is 13.1 Å². The van der Waals surface area contributed by atoms with Crippen molar-refractivity contribution in [3.05, 3.63) is 53.1 Å². The molecule has 0 saturated carbocycles. The Bertz CT molecular complexity index is 754. The number of carbonyl (C=O) groups is 2. The van der Waals surface area contributed by atoms with Crippen molar-refractivity contribution in [1.82, 2.24) is 20.0 Å². The molecule has 1 N–H and O–H groups in total. The fraction of sp³-hybridized carbons (Fsp3) is 0.353. The fourth-order valence-corrected chi connectivity index (χ4v) is 2.76. The lowest BCUT2D eigenvalue weighted by Gasteiger charge is -2.20. The highest BCUT2D eigenvalue weighted by Crippen LogP contribution is 2.17.